The van der Waals surface area contributed by atoms with Gasteiger partial charge in [0.25, 0.3) is 0 Å². The number of amides is 1. The van der Waals surface area contributed by atoms with Gasteiger partial charge in [-0.2, -0.15) is 0 Å². The molecule has 0 heterocycles. The molecule has 1 aromatic carbocycles. The third-order valence-corrected chi connectivity index (χ3v) is 3.88. The van der Waals surface area contributed by atoms with E-state index in [-0.39, 0.29) is 11.3 Å². The summed E-state index contributed by atoms with van der Waals surface area (Å²) in [7, 11) is 1.88. The van der Waals surface area contributed by atoms with E-state index in [1.165, 1.54) is 5.56 Å². The van der Waals surface area contributed by atoms with Crippen LogP contribution < -0.4 is 10.6 Å². The minimum absolute atomic E-state index is 0.122. The molecule has 0 spiro atoms. The van der Waals surface area contributed by atoms with Crippen LogP contribution in [0, 0.1) is 12.3 Å². The van der Waals surface area contributed by atoms with Gasteiger partial charge in [-0.1, -0.05) is 6.07 Å². The average Bonchev–Trinajstić information content (AvgIpc) is 3.04. The van der Waals surface area contributed by atoms with Crippen LogP contribution in [0.3, 0.4) is 0 Å². The standard InChI is InChI=1S/C13H17BrN2O/c1-9-3-4-11(10(14)7-9)16-12(17)13(5-6-13)8-15-2/h3-4,7,15H,5-6,8H2,1-2H3,(H,16,17). The van der Waals surface area contributed by atoms with Gasteiger partial charge in [0.05, 0.1) is 11.1 Å². The van der Waals surface area contributed by atoms with E-state index in [4.69, 9.17) is 0 Å². The lowest BCUT2D eigenvalue weighted by Gasteiger charge is -2.15. The Morgan fingerprint density at radius 3 is 2.71 bits per heavy atom. The zero-order valence-corrected chi connectivity index (χ0v) is 11.7. The summed E-state index contributed by atoms with van der Waals surface area (Å²) in [4.78, 5) is 12.2. The molecule has 1 aromatic rings. The number of halogens is 1. The first-order valence-corrected chi connectivity index (χ1v) is 6.59. The number of aryl methyl sites for hydroxylation is 1. The topological polar surface area (TPSA) is 41.1 Å². The molecular formula is C13H17BrN2O. The lowest BCUT2D eigenvalue weighted by atomic mass is 10.1. The Morgan fingerprint density at radius 2 is 2.18 bits per heavy atom. The van der Waals surface area contributed by atoms with Gasteiger partial charge in [-0.25, -0.2) is 0 Å². The fourth-order valence-electron chi connectivity index (χ4n) is 1.95. The molecule has 0 aliphatic heterocycles. The Morgan fingerprint density at radius 1 is 1.47 bits per heavy atom. The van der Waals surface area contributed by atoms with Crippen molar-refractivity contribution in [1.82, 2.24) is 5.32 Å². The van der Waals surface area contributed by atoms with Crippen molar-refractivity contribution in [2.45, 2.75) is 19.8 Å². The zero-order valence-electron chi connectivity index (χ0n) is 10.1. The molecule has 0 aromatic heterocycles. The molecule has 0 radical (unpaired) electrons. The average molecular weight is 297 g/mol. The number of anilines is 1. The maximum atomic E-state index is 12.2. The van der Waals surface area contributed by atoms with Crippen molar-refractivity contribution in [2.75, 3.05) is 18.9 Å². The summed E-state index contributed by atoms with van der Waals surface area (Å²) in [5.41, 5.74) is 1.84. The van der Waals surface area contributed by atoms with Gasteiger partial charge in [0.15, 0.2) is 0 Å². The van der Waals surface area contributed by atoms with E-state index in [1.54, 1.807) is 0 Å². The van der Waals surface area contributed by atoms with Crippen LogP contribution in [0.25, 0.3) is 0 Å². The molecule has 1 amide bonds. The van der Waals surface area contributed by atoms with Crippen molar-refractivity contribution in [1.29, 1.82) is 0 Å². The molecule has 1 fully saturated rings. The summed E-state index contributed by atoms with van der Waals surface area (Å²) in [6, 6.07) is 5.94. The number of carbonyl (C=O) groups is 1. The van der Waals surface area contributed by atoms with Gasteiger partial charge in [-0.15, -0.1) is 0 Å². The second-order valence-electron chi connectivity index (χ2n) is 4.75. The van der Waals surface area contributed by atoms with Gasteiger partial charge in [0.1, 0.15) is 0 Å². The minimum Gasteiger partial charge on any atom is -0.325 e. The fraction of sp³-hybridized carbons (Fsp3) is 0.462. The summed E-state index contributed by atoms with van der Waals surface area (Å²) in [5.74, 6) is 0.122. The molecule has 0 atom stereocenters. The van der Waals surface area contributed by atoms with E-state index < -0.39 is 0 Å². The first-order valence-electron chi connectivity index (χ1n) is 5.80. The Bertz CT molecular complexity index is 441. The molecule has 17 heavy (non-hydrogen) atoms. The van der Waals surface area contributed by atoms with E-state index in [9.17, 15) is 4.79 Å². The van der Waals surface area contributed by atoms with Crippen LogP contribution in [-0.4, -0.2) is 19.5 Å². The third kappa shape index (κ3) is 2.69. The molecule has 3 nitrogen and oxygen atoms in total. The minimum atomic E-state index is -0.181. The number of rotatable bonds is 4. The van der Waals surface area contributed by atoms with E-state index in [0.717, 1.165) is 29.5 Å². The molecule has 4 heteroatoms. The summed E-state index contributed by atoms with van der Waals surface area (Å²) < 4.78 is 0.936. The molecule has 0 saturated heterocycles. The van der Waals surface area contributed by atoms with Crippen molar-refractivity contribution >= 4 is 27.5 Å². The van der Waals surface area contributed by atoms with Gasteiger partial charge >= 0.3 is 0 Å². The quantitative estimate of drug-likeness (QED) is 0.897. The number of hydrogen-bond acceptors (Lipinski definition) is 2. The number of benzene rings is 1. The van der Waals surface area contributed by atoms with Gasteiger partial charge in [-0.05, 0) is 60.4 Å². The van der Waals surface area contributed by atoms with Crippen molar-refractivity contribution in [3.05, 3.63) is 28.2 Å². The smallest absolute Gasteiger partial charge is 0.231 e. The molecule has 92 valence electrons. The molecule has 1 saturated carbocycles. The van der Waals surface area contributed by atoms with Crippen LogP contribution in [0.1, 0.15) is 18.4 Å². The van der Waals surface area contributed by atoms with Crippen molar-refractivity contribution < 1.29 is 4.79 Å². The van der Waals surface area contributed by atoms with E-state index in [0.29, 0.717) is 0 Å². The second kappa shape index (κ2) is 4.78. The van der Waals surface area contributed by atoms with E-state index >= 15 is 0 Å². The van der Waals surface area contributed by atoms with Crippen molar-refractivity contribution in [2.24, 2.45) is 5.41 Å². The highest BCUT2D eigenvalue weighted by molar-refractivity contribution is 9.10. The highest BCUT2D eigenvalue weighted by atomic mass is 79.9. The molecular weight excluding hydrogens is 280 g/mol. The molecule has 2 rings (SSSR count). The van der Waals surface area contributed by atoms with Crippen LogP contribution in [-0.2, 0) is 4.79 Å². The Labute approximate surface area is 110 Å². The van der Waals surface area contributed by atoms with Gasteiger partial charge in [0, 0.05) is 11.0 Å². The summed E-state index contributed by atoms with van der Waals surface area (Å²) in [6.45, 7) is 2.78. The molecule has 2 N–H and O–H groups in total. The van der Waals surface area contributed by atoms with Gasteiger partial charge in [0.2, 0.25) is 5.91 Å². The largest absolute Gasteiger partial charge is 0.325 e. The first kappa shape index (κ1) is 12.6. The SMILES string of the molecule is CNCC1(C(=O)Nc2ccc(C)cc2Br)CC1. The second-order valence-corrected chi connectivity index (χ2v) is 5.60. The normalized spacial score (nSPS) is 16.6. The Balaban J connectivity index is 2.08. The van der Waals surface area contributed by atoms with Crippen LogP contribution in [0.4, 0.5) is 5.69 Å². The molecule has 0 unspecified atom stereocenters. The number of nitrogens with one attached hydrogen (secondary N) is 2. The Hall–Kier alpha value is -0.870. The first-order chi connectivity index (χ1) is 8.07. The van der Waals surface area contributed by atoms with Crippen LogP contribution >= 0.6 is 15.9 Å². The summed E-state index contributed by atoms with van der Waals surface area (Å²) in [6.07, 6.45) is 1.95. The zero-order chi connectivity index (χ0) is 12.5. The highest BCUT2D eigenvalue weighted by Gasteiger charge is 2.49. The van der Waals surface area contributed by atoms with E-state index in [2.05, 4.69) is 26.6 Å². The number of carbonyl (C=O) groups excluding carboxylic acids is 1. The van der Waals surface area contributed by atoms with Crippen molar-refractivity contribution in [3.63, 3.8) is 0 Å². The lowest BCUT2D eigenvalue weighted by molar-refractivity contribution is -0.120. The van der Waals surface area contributed by atoms with Crippen LogP contribution in [0.2, 0.25) is 0 Å². The Kier molecular flexibility index (Phi) is 3.54. The van der Waals surface area contributed by atoms with Gasteiger partial charge < -0.3 is 10.6 Å². The fourth-order valence-corrected chi connectivity index (χ4v) is 2.54. The monoisotopic (exact) mass is 296 g/mol. The van der Waals surface area contributed by atoms with Crippen LogP contribution in [0.15, 0.2) is 22.7 Å². The summed E-state index contributed by atoms with van der Waals surface area (Å²) >= 11 is 3.47. The lowest BCUT2D eigenvalue weighted by Crippen LogP contribution is -2.32. The third-order valence-electron chi connectivity index (χ3n) is 3.22. The molecule has 1 aliphatic rings. The molecule has 0 bridgehead atoms. The maximum absolute atomic E-state index is 12.2. The predicted molar refractivity (Wildman–Crippen MR) is 73.1 cm³/mol. The van der Waals surface area contributed by atoms with Crippen molar-refractivity contribution in [3.8, 4) is 0 Å². The maximum Gasteiger partial charge on any atom is 0.231 e. The van der Waals surface area contributed by atoms with Crippen LogP contribution in [0.5, 0.6) is 0 Å². The summed E-state index contributed by atoms with van der Waals surface area (Å²) in [5, 5.41) is 6.09. The highest BCUT2D eigenvalue weighted by Crippen LogP contribution is 2.46. The molecule has 1 aliphatic carbocycles. The predicted octanol–water partition coefficient (Wildman–Crippen LogP) is 2.70. The van der Waals surface area contributed by atoms with Gasteiger partial charge in [-0.3, -0.25) is 4.79 Å². The van der Waals surface area contributed by atoms with E-state index in [1.807, 2.05) is 32.2 Å². The number of hydrogen-bond donors (Lipinski definition) is 2.